The van der Waals surface area contributed by atoms with Gasteiger partial charge in [-0.05, 0) is 32.4 Å². The fourth-order valence-electron chi connectivity index (χ4n) is 1.04. The molecule has 0 fully saturated rings. The highest BCUT2D eigenvalue weighted by molar-refractivity contribution is 5.71. The van der Waals surface area contributed by atoms with Crippen LogP contribution in [0.4, 0.5) is 4.79 Å². The van der Waals surface area contributed by atoms with E-state index in [1.807, 2.05) is 39.0 Å². The SMILES string of the molecule is Cc1ccccc1OC(=O)NC(C)C. The summed E-state index contributed by atoms with van der Waals surface area (Å²) in [6.45, 7) is 5.68. The predicted octanol–water partition coefficient (Wildman–Crippen LogP) is 2.49. The second-order valence-electron chi connectivity index (χ2n) is 3.45. The third-order valence-electron chi connectivity index (χ3n) is 1.70. The number of ether oxygens (including phenoxy) is 1. The zero-order valence-corrected chi connectivity index (χ0v) is 8.70. The number of nitrogens with one attached hydrogen (secondary N) is 1. The van der Waals surface area contributed by atoms with Crippen LogP contribution in [-0.2, 0) is 0 Å². The van der Waals surface area contributed by atoms with Crippen LogP contribution in [0.25, 0.3) is 0 Å². The Bertz CT molecular complexity index is 321. The summed E-state index contributed by atoms with van der Waals surface area (Å²) in [6, 6.07) is 7.51. The third kappa shape index (κ3) is 3.09. The van der Waals surface area contributed by atoms with Gasteiger partial charge >= 0.3 is 6.09 Å². The average Bonchev–Trinajstić information content (AvgIpc) is 2.07. The highest BCUT2D eigenvalue weighted by Gasteiger charge is 2.06. The monoisotopic (exact) mass is 193 g/mol. The first kappa shape index (κ1) is 10.6. The van der Waals surface area contributed by atoms with Gasteiger partial charge in [0, 0.05) is 6.04 Å². The number of carbonyl (C=O) groups excluding carboxylic acids is 1. The van der Waals surface area contributed by atoms with E-state index in [2.05, 4.69) is 5.32 Å². The number of para-hydroxylation sites is 1. The molecule has 0 aliphatic rings. The summed E-state index contributed by atoms with van der Waals surface area (Å²) in [5.74, 6) is 0.602. The van der Waals surface area contributed by atoms with E-state index >= 15 is 0 Å². The summed E-state index contributed by atoms with van der Waals surface area (Å²) < 4.78 is 5.11. The number of carbonyl (C=O) groups is 1. The summed E-state index contributed by atoms with van der Waals surface area (Å²) in [5, 5.41) is 2.66. The predicted molar refractivity (Wildman–Crippen MR) is 55.5 cm³/mol. The van der Waals surface area contributed by atoms with Gasteiger partial charge in [-0.15, -0.1) is 0 Å². The van der Waals surface area contributed by atoms with Gasteiger partial charge in [-0.3, -0.25) is 0 Å². The van der Waals surface area contributed by atoms with Gasteiger partial charge < -0.3 is 10.1 Å². The van der Waals surface area contributed by atoms with Crippen molar-refractivity contribution in [3.63, 3.8) is 0 Å². The second-order valence-corrected chi connectivity index (χ2v) is 3.45. The first-order chi connectivity index (χ1) is 6.59. The molecule has 0 saturated carbocycles. The Morgan fingerprint density at radius 1 is 1.36 bits per heavy atom. The number of amides is 1. The minimum absolute atomic E-state index is 0.0894. The zero-order chi connectivity index (χ0) is 10.6. The fraction of sp³-hybridized carbons (Fsp3) is 0.364. The highest BCUT2D eigenvalue weighted by atomic mass is 16.6. The first-order valence-corrected chi connectivity index (χ1v) is 4.63. The Hall–Kier alpha value is -1.51. The van der Waals surface area contributed by atoms with Gasteiger partial charge in [0.1, 0.15) is 5.75 Å². The van der Waals surface area contributed by atoms with Crippen LogP contribution in [-0.4, -0.2) is 12.1 Å². The topological polar surface area (TPSA) is 38.3 Å². The van der Waals surface area contributed by atoms with Crippen molar-refractivity contribution in [1.29, 1.82) is 0 Å². The number of rotatable bonds is 2. The number of hydrogen-bond donors (Lipinski definition) is 1. The van der Waals surface area contributed by atoms with Gasteiger partial charge in [0.25, 0.3) is 0 Å². The molecule has 76 valence electrons. The maximum Gasteiger partial charge on any atom is 0.412 e. The summed E-state index contributed by atoms with van der Waals surface area (Å²) >= 11 is 0. The van der Waals surface area contributed by atoms with Crippen LogP contribution in [0.1, 0.15) is 19.4 Å². The van der Waals surface area contributed by atoms with Gasteiger partial charge in [0.15, 0.2) is 0 Å². The number of hydrogen-bond acceptors (Lipinski definition) is 2. The van der Waals surface area contributed by atoms with E-state index in [0.29, 0.717) is 5.75 Å². The standard InChI is InChI=1S/C11H15NO2/c1-8(2)12-11(13)14-10-7-5-4-6-9(10)3/h4-8H,1-3H3,(H,12,13). The Morgan fingerprint density at radius 3 is 2.57 bits per heavy atom. The summed E-state index contributed by atoms with van der Waals surface area (Å²) in [7, 11) is 0. The van der Waals surface area contributed by atoms with Crippen molar-refractivity contribution < 1.29 is 9.53 Å². The Kier molecular flexibility index (Phi) is 3.51. The molecule has 0 saturated heterocycles. The first-order valence-electron chi connectivity index (χ1n) is 4.63. The van der Waals surface area contributed by atoms with E-state index < -0.39 is 6.09 Å². The maximum atomic E-state index is 11.2. The van der Waals surface area contributed by atoms with Gasteiger partial charge in [0.2, 0.25) is 0 Å². The Balaban J connectivity index is 2.61. The maximum absolute atomic E-state index is 11.2. The lowest BCUT2D eigenvalue weighted by Crippen LogP contribution is -2.32. The molecule has 0 aromatic heterocycles. The molecule has 0 atom stereocenters. The summed E-state index contributed by atoms with van der Waals surface area (Å²) in [4.78, 5) is 11.2. The van der Waals surface area contributed by atoms with E-state index in [1.165, 1.54) is 0 Å². The smallest absolute Gasteiger partial charge is 0.410 e. The molecule has 1 rings (SSSR count). The van der Waals surface area contributed by atoms with Crippen molar-refractivity contribution >= 4 is 6.09 Å². The molecular weight excluding hydrogens is 178 g/mol. The third-order valence-corrected chi connectivity index (χ3v) is 1.70. The molecule has 1 amide bonds. The molecule has 1 aromatic carbocycles. The molecule has 0 aliphatic heterocycles. The quantitative estimate of drug-likeness (QED) is 0.783. The molecule has 1 N–H and O–H groups in total. The van der Waals surface area contributed by atoms with Crippen LogP contribution in [0.5, 0.6) is 5.75 Å². The van der Waals surface area contributed by atoms with Crippen LogP contribution in [0.2, 0.25) is 0 Å². The molecule has 0 bridgehead atoms. The minimum Gasteiger partial charge on any atom is -0.410 e. The lowest BCUT2D eigenvalue weighted by molar-refractivity contribution is 0.197. The van der Waals surface area contributed by atoms with Crippen molar-refractivity contribution in [2.75, 3.05) is 0 Å². The Labute approximate surface area is 84.1 Å². The molecule has 0 radical (unpaired) electrons. The molecular formula is C11H15NO2. The minimum atomic E-state index is -0.408. The van der Waals surface area contributed by atoms with Crippen LogP contribution < -0.4 is 10.1 Å². The zero-order valence-electron chi connectivity index (χ0n) is 8.70. The molecule has 0 aliphatic carbocycles. The van der Waals surface area contributed by atoms with Crippen molar-refractivity contribution in [2.24, 2.45) is 0 Å². The molecule has 3 nitrogen and oxygen atoms in total. The normalized spacial score (nSPS) is 10.0. The van der Waals surface area contributed by atoms with Crippen LogP contribution in [0, 0.1) is 6.92 Å². The molecule has 3 heteroatoms. The van der Waals surface area contributed by atoms with Gasteiger partial charge in [0.05, 0.1) is 0 Å². The van der Waals surface area contributed by atoms with Gasteiger partial charge in [-0.25, -0.2) is 4.79 Å². The molecule has 14 heavy (non-hydrogen) atoms. The molecule has 1 aromatic rings. The van der Waals surface area contributed by atoms with Gasteiger partial charge in [-0.2, -0.15) is 0 Å². The second kappa shape index (κ2) is 4.65. The van der Waals surface area contributed by atoms with E-state index in [0.717, 1.165) is 5.56 Å². The van der Waals surface area contributed by atoms with E-state index in [-0.39, 0.29) is 6.04 Å². The molecule has 0 spiro atoms. The molecule has 0 unspecified atom stereocenters. The lowest BCUT2D eigenvalue weighted by atomic mass is 10.2. The fourth-order valence-corrected chi connectivity index (χ4v) is 1.04. The lowest BCUT2D eigenvalue weighted by Gasteiger charge is -2.10. The molecule has 0 heterocycles. The van der Waals surface area contributed by atoms with Crippen molar-refractivity contribution in [2.45, 2.75) is 26.8 Å². The average molecular weight is 193 g/mol. The van der Waals surface area contributed by atoms with Crippen molar-refractivity contribution in [3.05, 3.63) is 29.8 Å². The van der Waals surface area contributed by atoms with Crippen molar-refractivity contribution in [1.82, 2.24) is 5.32 Å². The van der Waals surface area contributed by atoms with E-state index in [4.69, 9.17) is 4.74 Å². The van der Waals surface area contributed by atoms with Crippen LogP contribution in [0.15, 0.2) is 24.3 Å². The summed E-state index contributed by atoms with van der Waals surface area (Å²) in [6.07, 6.45) is -0.408. The van der Waals surface area contributed by atoms with E-state index in [9.17, 15) is 4.79 Å². The summed E-state index contributed by atoms with van der Waals surface area (Å²) in [5.41, 5.74) is 0.950. The number of aryl methyl sites for hydroxylation is 1. The van der Waals surface area contributed by atoms with Crippen molar-refractivity contribution in [3.8, 4) is 5.75 Å². The largest absolute Gasteiger partial charge is 0.412 e. The Morgan fingerprint density at radius 2 is 2.00 bits per heavy atom. The number of benzene rings is 1. The van der Waals surface area contributed by atoms with Crippen LogP contribution >= 0.6 is 0 Å². The van der Waals surface area contributed by atoms with Gasteiger partial charge in [-0.1, -0.05) is 18.2 Å². The van der Waals surface area contributed by atoms with E-state index in [1.54, 1.807) is 6.07 Å². The van der Waals surface area contributed by atoms with Crippen LogP contribution in [0.3, 0.4) is 0 Å². The highest BCUT2D eigenvalue weighted by Crippen LogP contribution is 2.15.